The molecule has 0 amide bonds. The highest BCUT2D eigenvalue weighted by Crippen LogP contribution is 2.65. The van der Waals surface area contributed by atoms with E-state index in [2.05, 4.69) is 0 Å². The maximum absolute atomic E-state index is 14.0. The van der Waals surface area contributed by atoms with E-state index in [9.17, 15) is 29.4 Å². The van der Waals surface area contributed by atoms with Gasteiger partial charge in [-0.15, -0.1) is 0 Å². The van der Waals surface area contributed by atoms with Gasteiger partial charge < -0.3 is 38.6 Å². The van der Waals surface area contributed by atoms with Crippen molar-refractivity contribution in [1.29, 1.82) is 0 Å². The van der Waals surface area contributed by atoms with Crippen LogP contribution in [0.5, 0.6) is 0 Å². The number of esters is 4. The maximum Gasteiger partial charge on any atom is 0.338 e. The number of ether oxygens (including phenoxy) is 6. The normalized spacial score (nSPS) is 39.3. The molecule has 46 heavy (non-hydrogen) atoms. The predicted octanol–water partition coefficient (Wildman–Crippen LogP) is 2.67. The summed E-state index contributed by atoms with van der Waals surface area (Å²) in [6, 6.07) is 8.22. The third-order valence-corrected chi connectivity index (χ3v) is 11.0. The lowest BCUT2D eigenvalue weighted by Crippen LogP contribution is -2.82. The van der Waals surface area contributed by atoms with E-state index in [1.165, 1.54) is 27.9 Å². The fourth-order valence-electron chi connectivity index (χ4n) is 8.79. The van der Waals surface area contributed by atoms with E-state index in [1.807, 2.05) is 0 Å². The number of aliphatic hydroxyl groups excluding tert-OH is 1. The highest BCUT2D eigenvalue weighted by molar-refractivity contribution is 5.89. The minimum atomic E-state index is -2.06. The van der Waals surface area contributed by atoms with Crippen molar-refractivity contribution in [1.82, 2.24) is 0 Å². The Balaban J connectivity index is 1.87. The second-order valence-electron chi connectivity index (χ2n) is 13.8. The minimum Gasteiger partial charge on any atom is -0.458 e. The van der Waals surface area contributed by atoms with E-state index < -0.39 is 88.5 Å². The molecule has 252 valence electrons. The third kappa shape index (κ3) is 4.96. The zero-order valence-corrected chi connectivity index (χ0v) is 27.5. The number of hydrogen-bond acceptors (Lipinski definition) is 12. The summed E-state index contributed by atoms with van der Waals surface area (Å²) in [5.41, 5.74) is -5.41. The Hall–Kier alpha value is -3.32. The van der Waals surface area contributed by atoms with Crippen LogP contribution in [0.3, 0.4) is 0 Å². The van der Waals surface area contributed by atoms with Crippen LogP contribution in [0.25, 0.3) is 0 Å². The number of aliphatic hydroxyl groups is 2. The van der Waals surface area contributed by atoms with Crippen LogP contribution in [0.1, 0.15) is 71.7 Å². The van der Waals surface area contributed by atoms with Crippen molar-refractivity contribution >= 4 is 23.9 Å². The summed E-state index contributed by atoms with van der Waals surface area (Å²) >= 11 is 0. The Labute approximate surface area is 268 Å². The molecule has 4 aliphatic rings. The van der Waals surface area contributed by atoms with Gasteiger partial charge in [0.15, 0.2) is 11.7 Å². The van der Waals surface area contributed by atoms with E-state index in [1.54, 1.807) is 58.0 Å². The molecule has 1 heterocycles. The van der Waals surface area contributed by atoms with Crippen molar-refractivity contribution < 1.29 is 57.8 Å². The van der Waals surface area contributed by atoms with Crippen LogP contribution < -0.4 is 0 Å². The van der Waals surface area contributed by atoms with Gasteiger partial charge in [-0.05, 0) is 30.2 Å². The molecule has 1 aromatic rings. The van der Waals surface area contributed by atoms with Gasteiger partial charge in [0, 0.05) is 51.6 Å². The quantitative estimate of drug-likeness (QED) is 0.265. The van der Waals surface area contributed by atoms with Crippen LogP contribution in [0.2, 0.25) is 0 Å². The Morgan fingerprint density at radius 1 is 0.935 bits per heavy atom. The Morgan fingerprint density at radius 2 is 1.57 bits per heavy atom. The third-order valence-electron chi connectivity index (χ3n) is 11.0. The molecule has 12 nitrogen and oxygen atoms in total. The molecule has 5 rings (SSSR count). The van der Waals surface area contributed by atoms with Crippen LogP contribution in [0.15, 0.2) is 41.5 Å². The molecule has 2 N–H and O–H groups in total. The van der Waals surface area contributed by atoms with Crippen molar-refractivity contribution in [3.05, 3.63) is 47.0 Å². The molecule has 2 saturated carbocycles. The SMILES string of the molecule is CO[C@H]1C[C@H]2OC[C@@]2(OC(C)=O)[C@H]2[C@H](OC(=O)c3ccccc3)[C@]3(O)C[C@H](OC(C)=O)C(C)=C([C@@H](OC(C)=O)[C@H](O)[C@]12C)C3(C)C. The topological polar surface area (TPSA) is 164 Å². The first-order valence-electron chi connectivity index (χ1n) is 15.5. The van der Waals surface area contributed by atoms with Crippen molar-refractivity contribution in [2.75, 3.05) is 13.7 Å². The monoisotopic (exact) mass is 644 g/mol. The number of carbonyl (C=O) groups is 4. The molecular weight excluding hydrogens is 600 g/mol. The Kier molecular flexibility index (Phi) is 8.68. The summed E-state index contributed by atoms with van der Waals surface area (Å²) < 4.78 is 36.1. The van der Waals surface area contributed by atoms with Crippen molar-refractivity contribution in [2.45, 2.75) is 109 Å². The molecule has 0 aromatic heterocycles. The average Bonchev–Trinajstić information content (AvgIpc) is 2.96. The van der Waals surface area contributed by atoms with Crippen LogP contribution in [-0.4, -0.2) is 95.6 Å². The van der Waals surface area contributed by atoms with Gasteiger partial charge in [0.05, 0.1) is 24.2 Å². The fraction of sp³-hybridized carbons (Fsp3) is 0.647. The van der Waals surface area contributed by atoms with Crippen molar-refractivity contribution in [3.63, 3.8) is 0 Å². The van der Waals surface area contributed by atoms with Gasteiger partial charge in [0.2, 0.25) is 0 Å². The van der Waals surface area contributed by atoms with Gasteiger partial charge in [-0.25, -0.2) is 4.79 Å². The number of hydrogen-bond donors (Lipinski definition) is 2. The molecule has 0 spiro atoms. The van der Waals surface area contributed by atoms with Crippen molar-refractivity contribution in [2.24, 2.45) is 16.7 Å². The van der Waals surface area contributed by atoms with Gasteiger partial charge >= 0.3 is 23.9 Å². The first kappa shape index (κ1) is 34.0. The van der Waals surface area contributed by atoms with E-state index >= 15 is 0 Å². The largest absolute Gasteiger partial charge is 0.458 e. The van der Waals surface area contributed by atoms with Crippen molar-refractivity contribution in [3.8, 4) is 0 Å². The van der Waals surface area contributed by atoms with Crippen LogP contribution in [0.4, 0.5) is 0 Å². The molecule has 12 heteroatoms. The fourth-order valence-corrected chi connectivity index (χ4v) is 8.79. The number of fused-ring (bicyclic) bond motifs is 5. The van der Waals surface area contributed by atoms with Gasteiger partial charge in [0.1, 0.15) is 30.0 Å². The highest BCUT2D eigenvalue weighted by atomic mass is 16.6. The number of benzene rings is 1. The summed E-state index contributed by atoms with van der Waals surface area (Å²) in [7, 11) is 1.46. The molecule has 1 saturated heterocycles. The molecular formula is C34H44O12. The molecule has 3 fully saturated rings. The lowest BCUT2D eigenvalue weighted by Gasteiger charge is -2.69. The zero-order valence-electron chi connectivity index (χ0n) is 27.5. The van der Waals surface area contributed by atoms with Crippen LogP contribution in [-0.2, 0) is 42.8 Å². The summed E-state index contributed by atoms with van der Waals surface area (Å²) in [6.45, 7) is 10.4. The molecule has 2 bridgehead atoms. The Morgan fingerprint density at radius 3 is 2.09 bits per heavy atom. The highest BCUT2D eigenvalue weighted by Gasteiger charge is 2.78. The smallest absolute Gasteiger partial charge is 0.338 e. The van der Waals surface area contributed by atoms with E-state index in [4.69, 9.17) is 28.4 Å². The molecule has 0 unspecified atom stereocenters. The van der Waals surface area contributed by atoms with Crippen LogP contribution >= 0.6 is 0 Å². The summed E-state index contributed by atoms with van der Waals surface area (Å²) in [5.74, 6) is -3.91. The lowest BCUT2D eigenvalue weighted by molar-refractivity contribution is -0.366. The minimum absolute atomic E-state index is 0.121. The number of carbonyl (C=O) groups excluding carboxylic acids is 4. The van der Waals surface area contributed by atoms with E-state index in [0.717, 1.165) is 0 Å². The van der Waals surface area contributed by atoms with E-state index in [0.29, 0.717) is 11.1 Å². The van der Waals surface area contributed by atoms with E-state index in [-0.39, 0.29) is 25.0 Å². The average molecular weight is 645 g/mol. The Bertz CT molecular complexity index is 1440. The number of methoxy groups -OCH3 is 1. The van der Waals surface area contributed by atoms with Gasteiger partial charge in [-0.1, -0.05) is 39.0 Å². The summed E-state index contributed by atoms with van der Waals surface area (Å²) in [6.07, 6.45) is -7.06. The standard InChI is InChI=1S/C34H44O12/c1-17-22(43-18(2)35)15-34(40)29(45-30(39)21-12-10-9-11-13-21)27-32(7,28(38)26(44-19(3)36)25(17)31(34,5)6)23(41-8)14-24-33(27,16-42-24)46-20(4)37/h9-13,22-24,26-29,38,40H,14-16H2,1-8H3/t22-,23-,24+,26+,27-,28-,29-,32+,33-,34+/m0/s1. The van der Waals surface area contributed by atoms with Gasteiger partial charge in [-0.3, -0.25) is 14.4 Å². The van der Waals surface area contributed by atoms with Crippen LogP contribution in [0, 0.1) is 16.7 Å². The molecule has 0 radical (unpaired) electrons. The molecule has 10 atom stereocenters. The summed E-state index contributed by atoms with van der Waals surface area (Å²) in [4.78, 5) is 51.8. The molecule has 1 aromatic carbocycles. The lowest BCUT2D eigenvalue weighted by atomic mass is 9.44. The van der Waals surface area contributed by atoms with Gasteiger partial charge in [-0.2, -0.15) is 0 Å². The van der Waals surface area contributed by atoms with Gasteiger partial charge in [0.25, 0.3) is 0 Å². The maximum atomic E-state index is 14.0. The predicted molar refractivity (Wildman–Crippen MR) is 160 cm³/mol. The second-order valence-corrected chi connectivity index (χ2v) is 13.8. The second kappa shape index (κ2) is 11.7. The first-order chi connectivity index (χ1) is 21.5. The molecule has 3 aliphatic carbocycles. The summed E-state index contributed by atoms with van der Waals surface area (Å²) in [5, 5.41) is 25.9. The molecule has 1 aliphatic heterocycles. The first-order valence-corrected chi connectivity index (χ1v) is 15.5. The zero-order chi connectivity index (χ0) is 34.0. The number of rotatable bonds is 6.